The smallest absolute Gasteiger partial charge is 0.229 e. The molecule has 0 spiro atoms. The van der Waals surface area contributed by atoms with Crippen LogP contribution < -0.4 is 5.73 Å². The normalized spacial score (nSPS) is 22.2. The number of hydrogen-bond acceptors (Lipinski definition) is 3. The van der Waals surface area contributed by atoms with E-state index in [-0.39, 0.29) is 17.7 Å². The van der Waals surface area contributed by atoms with Crippen molar-refractivity contribution in [2.24, 2.45) is 11.7 Å². The zero-order valence-electron chi connectivity index (χ0n) is 10.5. The molecule has 1 rings (SSSR count). The van der Waals surface area contributed by atoms with Crippen molar-refractivity contribution in [2.45, 2.75) is 52.0 Å². The number of rotatable bonds is 3. The molecular weight excluding hydrogens is 204 g/mol. The summed E-state index contributed by atoms with van der Waals surface area (Å²) in [6.07, 6.45) is 2.54. The molecule has 4 heteroatoms. The summed E-state index contributed by atoms with van der Waals surface area (Å²) in [5, 5.41) is 0. The van der Waals surface area contributed by atoms with E-state index in [9.17, 15) is 9.59 Å². The Kier molecular flexibility index (Phi) is 4.08. The van der Waals surface area contributed by atoms with E-state index in [1.54, 1.807) is 0 Å². The van der Waals surface area contributed by atoms with Crippen LogP contribution in [-0.2, 0) is 9.59 Å². The van der Waals surface area contributed by atoms with Crippen LogP contribution in [-0.4, -0.2) is 28.8 Å². The number of imide groups is 1. The molecule has 0 aliphatic carbocycles. The first-order valence-corrected chi connectivity index (χ1v) is 5.99. The van der Waals surface area contributed by atoms with E-state index in [1.165, 1.54) is 4.90 Å². The SMILES string of the molecule is CC(C)C(C)(CN)N1C(=O)CCCCC1=O. The molecule has 2 N–H and O–H groups in total. The van der Waals surface area contributed by atoms with Gasteiger partial charge in [-0.1, -0.05) is 13.8 Å². The second-order valence-electron chi connectivity index (χ2n) is 5.05. The van der Waals surface area contributed by atoms with E-state index in [1.807, 2.05) is 20.8 Å². The molecule has 0 aromatic carbocycles. The third kappa shape index (κ3) is 2.26. The van der Waals surface area contributed by atoms with Crippen LogP contribution in [0.15, 0.2) is 0 Å². The molecule has 1 heterocycles. The van der Waals surface area contributed by atoms with Crippen LogP contribution >= 0.6 is 0 Å². The fourth-order valence-electron chi connectivity index (χ4n) is 2.07. The van der Waals surface area contributed by atoms with Gasteiger partial charge in [-0.25, -0.2) is 0 Å². The summed E-state index contributed by atoms with van der Waals surface area (Å²) in [4.78, 5) is 25.4. The summed E-state index contributed by atoms with van der Waals surface area (Å²) >= 11 is 0. The number of nitrogens with two attached hydrogens (primary N) is 1. The fourth-order valence-corrected chi connectivity index (χ4v) is 2.07. The standard InChI is InChI=1S/C12H22N2O2/c1-9(2)12(3,8-13)14-10(15)6-4-5-7-11(14)16/h9H,4-8,13H2,1-3H3. The van der Waals surface area contributed by atoms with E-state index >= 15 is 0 Å². The minimum absolute atomic E-state index is 0.0656. The zero-order chi connectivity index (χ0) is 12.3. The van der Waals surface area contributed by atoms with Gasteiger partial charge in [-0.15, -0.1) is 0 Å². The minimum atomic E-state index is -0.543. The molecule has 1 aliphatic rings. The number of nitrogens with zero attached hydrogens (tertiary/aromatic N) is 1. The Hall–Kier alpha value is -0.900. The molecule has 1 unspecified atom stereocenters. The molecular formula is C12H22N2O2. The van der Waals surface area contributed by atoms with Crippen LogP contribution in [0.5, 0.6) is 0 Å². The van der Waals surface area contributed by atoms with Crippen LogP contribution in [0.2, 0.25) is 0 Å². The lowest BCUT2D eigenvalue weighted by molar-refractivity contribution is -0.152. The average molecular weight is 226 g/mol. The van der Waals surface area contributed by atoms with Gasteiger partial charge in [0.2, 0.25) is 11.8 Å². The monoisotopic (exact) mass is 226 g/mol. The lowest BCUT2D eigenvalue weighted by Crippen LogP contribution is -2.59. The van der Waals surface area contributed by atoms with Gasteiger partial charge < -0.3 is 5.73 Å². The Bertz CT molecular complexity index is 271. The maximum Gasteiger partial charge on any atom is 0.229 e. The average Bonchev–Trinajstić information content (AvgIpc) is 2.39. The highest BCUT2D eigenvalue weighted by atomic mass is 16.2. The van der Waals surface area contributed by atoms with E-state index < -0.39 is 5.54 Å². The first kappa shape index (κ1) is 13.2. The number of carbonyl (C=O) groups excluding carboxylic acids is 2. The van der Waals surface area contributed by atoms with Gasteiger partial charge in [0.15, 0.2) is 0 Å². The summed E-state index contributed by atoms with van der Waals surface area (Å²) in [5.41, 5.74) is 5.23. The van der Waals surface area contributed by atoms with Gasteiger partial charge in [-0.05, 0) is 25.7 Å². The van der Waals surface area contributed by atoms with Crippen molar-refractivity contribution >= 4 is 11.8 Å². The lowest BCUT2D eigenvalue weighted by Gasteiger charge is -2.41. The summed E-state index contributed by atoms with van der Waals surface area (Å²) in [6.45, 7) is 6.22. The molecule has 2 amide bonds. The van der Waals surface area contributed by atoms with Crippen LogP contribution in [0.4, 0.5) is 0 Å². The Labute approximate surface area is 97.2 Å². The largest absolute Gasteiger partial charge is 0.328 e. The van der Waals surface area contributed by atoms with Gasteiger partial charge in [0, 0.05) is 19.4 Å². The lowest BCUT2D eigenvalue weighted by atomic mass is 9.86. The predicted molar refractivity (Wildman–Crippen MR) is 62.6 cm³/mol. The van der Waals surface area contributed by atoms with Crippen LogP contribution in [0.25, 0.3) is 0 Å². The first-order chi connectivity index (χ1) is 7.43. The molecule has 0 aromatic heterocycles. The summed E-state index contributed by atoms with van der Waals surface area (Å²) in [5.74, 6) is 0.0387. The Balaban J connectivity index is 3.04. The van der Waals surface area contributed by atoms with Gasteiger partial charge in [-0.3, -0.25) is 14.5 Å². The van der Waals surface area contributed by atoms with Gasteiger partial charge in [0.05, 0.1) is 5.54 Å². The third-order valence-electron chi connectivity index (χ3n) is 3.70. The van der Waals surface area contributed by atoms with Crippen LogP contribution in [0.1, 0.15) is 46.5 Å². The minimum Gasteiger partial charge on any atom is -0.328 e. The molecule has 4 nitrogen and oxygen atoms in total. The molecule has 0 bridgehead atoms. The van der Waals surface area contributed by atoms with Gasteiger partial charge >= 0.3 is 0 Å². The van der Waals surface area contributed by atoms with E-state index in [4.69, 9.17) is 5.73 Å². The molecule has 0 aromatic rings. The maximum absolute atomic E-state index is 12.0. The molecule has 1 saturated heterocycles. The highest BCUT2D eigenvalue weighted by molar-refractivity contribution is 5.97. The quantitative estimate of drug-likeness (QED) is 0.737. The highest BCUT2D eigenvalue weighted by Crippen LogP contribution is 2.28. The highest BCUT2D eigenvalue weighted by Gasteiger charge is 2.41. The zero-order valence-corrected chi connectivity index (χ0v) is 10.5. The van der Waals surface area contributed by atoms with Crippen molar-refractivity contribution in [3.63, 3.8) is 0 Å². The number of hydrogen-bond donors (Lipinski definition) is 1. The summed E-state index contributed by atoms with van der Waals surface area (Å²) < 4.78 is 0. The molecule has 92 valence electrons. The molecule has 0 radical (unpaired) electrons. The second kappa shape index (κ2) is 4.95. The van der Waals surface area contributed by atoms with Gasteiger partial charge in [0.1, 0.15) is 0 Å². The van der Waals surface area contributed by atoms with E-state index in [2.05, 4.69) is 0 Å². The molecule has 0 saturated carbocycles. The van der Waals surface area contributed by atoms with Gasteiger partial charge in [-0.2, -0.15) is 0 Å². The van der Waals surface area contributed by atoms with Crippen molar-refractivity contribution in [1.29, 1.82) is 0 Å². The maximum atomic E-state index is 12.0. The van der Waals surface area contributed by atoms with Crippen molar-refractivity contribution in [3.8, 4) is 0 Å². The topological polar surface area (TPSA) is 63.4 Å². The van der Waals surface area contributed by atoms with E-state index in [0.717, 1.165) is 12.8 Å². The van der Waals surface area contributed by atoms with Crippen molar-refractivity contribution in [1.82, 2.24) is 4.90 Å². The Morgan fingerprint density at radius 2 is 1.69 bits per heavy atom. The summed E-state index contributed by atoms with van der Waals surface area (Å²) in [7, 11) is 0. The predicted octanol–water partition coefficient (Wildman–Crippen LogP) is 1.29. The second-order valence-corrected chi connectivity index (χ2v) is 5.05. The van der Waals surface area contributed by atoms with Crippen LogP contribution in [0, 0.1) is 5.92 Å². The van der Waals surface area contributed by atoms with Crippen molar-refractivity contribution in [2.75, 3.05) is 6.54 Å². The Morgan fingerprint density at radius 3 is 2.00 bits per heavy atom. The molecule has 1 aliphatic heterocycles. The fraction of sp³-hybridized carbons (Fsp3) is 0.833. The third-order valence-corrected chi connectivity index (χ3v) is 3.70. The number of amides is 2. The molecule has 1 fully saturated rings. The van der Waals surface area contributed by atoms with Crippen molar-refractivity contribution < 1.29 is 9.59 Å². The number of carbonyl (C=O) groups is 2. The number of likely N-dealkylation sites (tertiary alicyclic amines) is 1. The van der Waals surface area contributed by atoms with Crippen molar-refractivity contribution in [3.05, 3.63) is 0 Å². The molecule has 16 heavy (non-hydrogen) atoms. The van der Waals surface area contributed by atoms with Gasteiger partial charge in [0.25, 0.3) is 0 Å². The summed E-state index contributed by atoms with van der Waals surface area (Å²) in [6, 6.07) is 0. The first-order valence-electron chi connectivity index (χ1n) is 5.99. The molecule has 1 atom stereocenters. The Morgan fingerprint density at radius 1 is 1.25 bits per heavy atom. The van der Waals surface area contributed by atoms with E-state index in [0.29, 0.717) is 19.4 Å². The van der Waals surface area contributed by atoms with Crippen LogP contribution in [0.3, 0.4) is 0 Å².